The molecule has 6 nitrogen and oxygen atoms in total. The summed E-state index contributed by atoms with van der Waals surface area (Å²) in [6.45, 7) is 2.86. The molecule has 1 aliphatic heterocycles. The van der Waals surface area contributed by atoms with Crippen LogP contribution in [0.2, 0.25) is 0 Å². The zero-order valence-corrected chi connectivity index (χ0v) is 19.6. The number of para-hydroxylation sites is 1. The van der Waals surface area contributed by atoms with E-state index in [2.05, 4.69) is 38.3 Å². The van der Waals surface area contributed by atoms with E-state index >= 15 is 0 Å². The van der Waals surface area contributed by atoms with Gasteiger partial charge in [-0.1, -0.05) is 42.4 Å². The number of amides is 1. The molecule has 2 aromatic carbocycles. The lowest BCUT2D eigenvalue weighted by molar-refractivity contribution is -0.115. The number of benzene rings is 2. The quantitative estimate of drug-likeness (QED) is 0.392. The number of hydrogen-bond acceptors (Lipinski definition) is 6. The molecule has 2 aromatic heterocycles. The van der Waals surface area contributed by atoms with Crippen LogP contribution in [-0.4, -0.2) is 30.9 Å². The third kappa shape index (κ3) is 4.71. The van der Waals surface area contributed by atoms with Crippen LogP contribution in [0.5, 0.6) is 0 Å². The third-order valence-electron chi connectivity index (χ3n) is 5.64. The molecular formula is C24H25N5OS2. The SMILES string of the molecule is C[C@@H](Sc1nnc2n1CCCCC2)C(=O)Nc1ccc(Cc2nc3ccccc3s2)cc1. The van der Waals surface area contributed by atoms with Gasteiger partial charge >= 0.3 is 0 Å². The Labute approximate surface area is 195 Å². The van der Waals surface area contributed by atoms with Crippen LogP contribution in [0, 0.1) is 0 Å². The maximum Gasteiger partial charge on any atom is 0.237 e. The maximum atomic E-state index is 12.8. The molecule has 0 bridgehead atoms. The van der Waals surface area contributed by atoms with Crippen LogP contribution < -0.4 is 5.32 Å². The van der Waals surface area contributed by atoms with E-state index in [-0.39, 0.29) is 11.2 Å². The van der Waals surface area contributed by atoms with Gasteiger partial charge in [0, 0.05) is 25.1 Å². The number of aromatic nitrogens is 4. The van der Waals surface area contributed by atoms with E-state index in [1.165, 1.54) is 28.4 Å². The fourth-order valence-electron chi connectivity index (χ4n) is 3.88. The van der Waals surface area contributed by atoms with Gasteiger partial charge in [0.1, 0.15) is 5.82 Å². The molecule has 0 radical (unpaired) electrons. The van der Waals surface area contributed by atoms with Crippen LogP contribution in [0.15, 0.2) is 53.7 Å². The molecular weight excluding hydrogens is 438 g/mol. The van der Waals surface area contributed by atoms with Crippen molar-refractivity contribution < 1.29 is 4.79 Å². The van der Waals surface area contributed by atoms with Crippen molar-refractivity contribution in [1.29, 1.82) is 0 Å². The summed E-state index contributed by atoms with van der Waals surface area (Å²) in [5.41, 5.74) is 3.03. The summed E-state index contributed by atoms with van der Waals surface area (Å²) in [5, 5.41) is 13.4. The van der Waals surface area contributed by atoms with Gasteiger partial charge in [0.2, 0.25) is 5.91 Å². The topological polar surface area (TPSA) is 72.7 Å². The summed E-state index contributed by atoms with van der Waals surface area (Å²) in [5.74, 6) is 1.02. The highest BCUT2D eigenvalue weighted by Crippen LogP contribution is 2.27. The van der Waals surface area contributed by atoms with Gasteiger partial charge in [-0.25, -0.2) is 4.98 Å². The van der Waals surface area contributed by atoms with Gasteiger partial charge in [0.15, 0.2) is 5.16 Å². The minimum absolute atomic E-state index is 0.0279. The Kier molecular flexibility index (Phi) is 6.23. The van der Waals surface area contributed by atoms with Gasteiger partial charge in [0.05, 0.1) is 20.5 Å². The summed E-state index contributed by atoms with van der Waals surface area (Å²) in [4.78, 5) is 17.5. The fourth-order valence-corrected chi connectivity index (χ4v) is 5.77. The number of hydrogen-bond donors (Lipinski definition) is 1. The fraction of sp³-hybridized carbons (Fsp3) is 0.333. The lowest BCUT2D eigenvalue weighted by Gasteiger charge is -2.13. The van der Waals surface area contributed by atoms with Gasteiger partial charge in [-0.2, -0.15) is 0 Å². The number of thiazole rings is 1. The lowest BCUT2D eigenvalue weighted by atomic mass is 10.1. The number of carbonyl (C=O) groups is 1. The number of carbonyl (C=O) groups excluding carboxylic acids is 1. The molecule has 0 aliphatic carbocycles. The number of rotatable bonds is 6. The lowest BCUT2D eigenvalue weighted by Crippen LogP contribution is -2.23. The molecule has 0 spiro atoms. The average Bonchev–Trinajstić information content (AvgIpc) is 3.29. The van der Waals surface area contributed by atoms with Crippen molar-refractivity contribution in [2.24, 2.45) is 0 Å². The first-order chi connectivity index (χ1) is 15.7. The van der Waals surface area contributed by atoms with Gasteiger partial charge in [-0.15, -0.1) is 21.5 Å². The molecule has 0 fully saturated rings. The summed E-state index contributed by atoms with van der Waals surface area (Å²) < 4.78 is 3.39. The maximum absolute atomic E-state index is 12.8. The van der Waals surface area contributed by atoms with Crippen LogP contribution in [0.4, 0.5) is 5.69 Å². The number of nitrogens with zero attached hydrogens (tertiary/aromatic N) is 4. The van der Waals surface area contributed by atoms with Crippen molar-refractivity contribution >= 4 is 44.9 Å². The van der Waals surface area contributed by atoms with Gasteiger partial charge < -0.3 is 9.88 Å². The van der Waals surface area contributed by atoms with Gasteiger partial charge in [0.25, 0.3) is 0 Å². The van der Waals surface area contributed by atoms with Crippen LogP contribution in [-0.2, 0) is 24.2 Å². The standard InChI is InChI=1S/C24H25N5OS2/c1-16(31-24-28-27-21-9-3-2-6-14-29(21)24)23(30)25-18-12-10-17(11-13-18)15-22-26-19-7-4-5-8-20(19)32-22/h4-5,7-8,10-13,16H,2-3,6,9,14-15H2,1H3,(H,25,30)/t16-/m1/s1. The zero-order chi connectivity index (χ0) is 21.9. The number of thioether (sulfide) groups is 1. The second-order valence-electron chi connectivity index (χ2n) is 8.06. The molecule has 3 heterocycles. The van der Waals surface area contributed by atoms with Crippen LogP contribution in [0.25, 0.3) is 10.2 Å². The summed E-state index contributed by atoms with van der Waals surface area (Å²) in [6.07, 6.45) is 5.28. The Morgan fingerprint density at radius 2 is 1.97 bits per heavy atom. The summed E-state index contributed by atoms with van der Waals surface area (Å²) in [6, 6.07) is 16.2. The minimum atomic E-state index is -0.256. The number of aryl methyl sites for hydroxylation is 1. The highest BCUT2D eigenvalue weighted by molar-refractivity contribution is 8.00. The molecule has 5 rings (SSSR count). The van der Waals surface area contributed by atoms with Crippen LogP contribution >= 0.6 is 23.1 Å². The predicted octanol–water partition coefficient (Wildman–Crippen LogP) is 5.32. The third-order valence-corrected chi connectivity index (χ3v) is 7.76. The molecule has 1 N–H and O–H groups in total. The number of fused-ring (bicyclic) bond motifs is 2. The van der Waals surface area contributed by atoms with E-state index in [0.29, 0.717) is 0 Å². The molecule has 0 saturated heterocycles. The first kappa shape index (κ1) is 21.2. The summed E-state index contributed by atoms with van der Waals surface area (Å²) >= 11 is 3.21. The van der Waals surface area contributed by atoms with Crippen molar-refractivity contribution in [2.45, 2.75) is 56.0 Å². The summed E-state index contributed by atoms with van der Waals surface area (Å²) in [7, 11) is 0. The van der Waals surface area contributed by atoms with Crippen molar-refractivity contribution in [2.75, 3.05) is 5.32 Å². The second kappa shape index (κ2) is 9.42. The molecule has 4 aromatic rings. The molecule has 1 aliphatic rings. The highest BCUT2D eigenvalue weighted by atomic mass is 32.2. The molecule has 0 unspecified atom stereocenters. The number of anilines is 1. The molecule has 1 atom stereocenters. The van der Waals surface area contributed by atoms with Crippen molar-refractivity contribution in [3.05, 3.63) is 64.9 Å². The van der Waals surface area contributed by atoms with E-state index in [1.807, 2.05) is 37.3 Å². The average molecular weight is 464 g/mol. The van der Waals surface area contributed by atoms with E-state index < -0.39 is 0 Å². The Morgan fingerprint density at radius 3 is 2.81 bits per heavy atom. The highest BCUT2D eigenvalue weighted by Gasteiger charge is 2.21. The number of nitrogens with one attached hydrogen (secondary N) is 1. The molecule has 164 valence electrons. The van der Waals surface area contributed by atoms with Crippen molar-refractivity contribution in [3.8, 4) is 0 Å². The predicted molar refractivity (Wildman–Crippen MR) is 130 cm³/mol. The second-order valence-corrected chi connectivity index (χ2v) is 10.5. The van der Waals surface area contributed by atoms with E-state index in [4.69, 9.17) is 4.98 Å². The molecule has 1 amide bonds. The van der Waals surface area contributed by atoms with Crippen LogP contribution in [0.1, 0.15) is 42.6 Å². The normalized spacial score (nSPS) is 14.7. The van der Waals surface area contributed by atoms with Crippen LogP contribution in [0.3, 0.4) is 0 Å². The molecule has 32 heavy (non-hydrogen) atoms. The van der Waals surface area contributed by atoms with E-state index in [1.54, 1.807) is 11.3 Å². The molecule has 0 saturated carbocycles. The van der Waals surface area contributed by atoms with Crippen molar-refractivity contribution in [1.82, 2.24) is 19.7 Å². The Hall–Kier alpha value is -2.71. The Morgan fingerprint density at radius 1 is 1.12 bits per heavy atom. The van der Waals surface area contributed by atoms with E-state index in [9.17, 15) is 4.79 Å². The molecule has 8 heteroatoms. The zero-order valence-electron chi connectivity index (χ0n) is 18.0. The van der Waals surface area contributed by atoms with E-state index in [0.717, 1.165) is 59.4 Å². The van der Waals surface area contributed by atoms with Crippen molar-refractivity contribution in [3.63, 3.8) is 0 Å². The Balaban J connectivity index is 1.19. The van der Waals surface area contributed by atoms with Gasteiger partial charge in [-0.3, -0.25) is 4.79 Å². The Bertz CT molecular complexity index is 1200. The minimum Gasteiger partial charge on any atom is -0.325 e. The van der Waals surface area contributed by atoms with Gasteiger partial charge in [-0.05, 0) is 49.6 Å². The largest absolute Gasteiger partial charge is 0.325 e. The smallest absolute Gasteiger partial charge is 0.237 e. The first-order valence-electron chi connectivity index (χ1n) is 11.0. The monoisotopic (exact) mass is 463 g/mol. The first-order valence-corrected chi connectivity index (χ1v) is 12.7.